The SMILES string of the molecule is COc1ccc(C(=O)N[C@@H](C)[C@H]2CC[C@H]3[C@@H]4CC[C@@H]5C[C@](C)(O)CC[C@@H]5[C@H]4CC[C@]23C)cc1. The first-order chi connectivity index (χ1) is 15.7. The van der Waals surface area contributed by atoms with E-state index in [1.165, 1.54) is 44.9 Å². The number of ether oxygens (including phenoxy) is 1. The fourth-order valence-corrected chi connectivity index (χ4v) is 9.08. The zero-order chi connectivity index (χ0) is 23.4. The molecule has 1 aromatic carbocycles. The van der Waals surface area contributed by atoms with Crippen LogP contribution in [0.3, 0.4) is 0 Å². The van der Waals surface area contributed by atoms with Gasteiger partial charge in [0.05, 0.1) is 12.7 Å². The van der Waals surface area contributed by atoms with Crippen molar-refractivity contribution in [2.75, 3.05) is 7.11 Å². The molecule has 0 saturated heterocycles. The fourth-order valence-electron chi connectivity index (χ4n) is 9.08. The number of carbonyl (C=O) groups excluding carboxylic acids is 1. The molecule has 33 heavy (non-hydrogen) atoms. The van der Waals surface area contributed by atoms with Gasteiger partial charge in [-0.3, -0.25) is 4.79 Å². The summed E-state index contributed by atoms with van der Waals surface area (Å²) in [6, 6.07) is 7.60. The van der Waals surface area contributed by atoms with E-state index < -0.39 is 5.60 Å². The van der Waals surface area contributed by atoms with Crippen LogP contribution in [-0.2, 0) is 0 Å². The van der Waals surface area contributed by atoms with Crippen molar-refractivity contribution in [2.45, 2.75) is 90.2 Å². The van der Waals surface area contributed by atoms with E-state index in [9.17, 15) is 9.90 Å². The summed E-state index contributed by atoms with van der Waals surface area (Å²) in [5.74, 6) is 5.43. The van der Waals surface area contributed by atoms with Crippen LogP contribution in [0.15, 0.2) is 24.3 Å². The zero-order valence-corrected chi connectivity index (χ0v) is 21.0. The van der Waals surface area contributed by atoms with Gasteiger partial charge in [0.2, 0.25) is 0 Å². The predicted octanol–water partition coefficient (Wildman–Crippen LogP) is 5.83. The molecule has 4 nitrogen and oxygen atoms in total. The average Bonchev–Trinajstić information content (AvgIpc) is 3.15. The summed E-state index contributed by atoms with van der Waals surface area (Å²) >= 11 is 0. The highest BCUT2D eigenvalue weighted by atomic mass is 16.5. The molecule has 4 heteroatoms. The Balaban J connectivity index is 1.26. The molecule has 0 unspecified atom stereocenters. The van der Waals surface area contributed by atoms with Crippen LogP contribution in [0.25, 0.3) is 0 Å². The van der Waals surface area contributed by atoms with E-state index >= 15 is 0 Å². The molecule has 4 saturated carbocycles. The molecule has 9 atom stereocenters. The Labute approximate surface area is 199 Å². The second kappa shape index (κ2) is 8.59. The maximum atomic E-state index is 12.9. The second-order valence-corrected chi connectivity index (χ2v) is 12.4. The van der Waals surface area contributed by atoms with Crippen molar-refractivity contribution in [1.82, 2.24) is 5.32 Å². The van der Waals surface area contributed by atoms with Gasteiger partial charge in [-0.25, -0.2) is 0 Å². The van der Waals surface area contributed by atoms with Crippen molar-refractivity contribution < 1.29 is 14.6 Å². The van der Waals surface area contributed by atoms with Gasteiger partial charge in [0.25, 0.3) is 5.91 Å². The highest BCUT2D eigenvalue weighted by Gasteiger charge is 2.58. The summed E-state index contributed by atoms with van der Waals surface area (Å²) in [6.45, 7) is 6.82. The second-order valence-electron chi connectivity index (χ2n) is 12.4. The summed E-state index contributed by atoms with van der Waals surface area (Å²) in [5.41, 5.74) is 0.603. The number of fused-ring (bicyclic) bond motifs is 5. The normalized spacial score (nSPS) is 43.1. The fraction of sp³-hybridized carbons (Fsp3) is 0.759. The quantitative estimate of drug-likeness (QED) is 0.603. The van der Waals surface area contributed by atoms with Crippen LogP contribution in [-0.4, -0.2) is 29.8 Å². The molecule has 4 aliphatic carbocycles. The van der Waals surface area contributed by atoms with E-state index in [1.54, 1.807) is 7.11 Å². The number of aliphatic hydroxyl groups is 1. The molecule has 4 fully saturated rings. The van der Waals surface area contributed by atoms with Crippen LogP contribution in [0.1, 0.15) is 88.9 Å². The number of rotatable bonds is 4. The third-order valence-electron chi connectivity index (χ3n) is 10.6. The molecule has 1 aromatic rings. The molecule has 5 rings (SSSR count). The van der Waals surface area contributed by atoms with Crippen molar-refractivity contribution in [3.8, 4) is 5.75 Å². The standard InChI is InChI=1S/C29H43NO3/c1-18(30-27(31)19-5-8-21(33-4)9-6-19)25-11-12-26-24-10-7-20-17-28(2,32)15-13-22(20)23(24)14-16-29(25,26)3/h5-6,8-9,18,20,22-26,32H,7,10-17H2,1-4H3,(H,30,31)/t18-,20+,22-,23+,24+,25+,26-,28+,29+/m0/s1. The predicted molar refractivity (Wildman–Crippen MR) is 131 cm³/mol. The monoisotopic (exact) mass is 453 g/mol. The minimum Gasteiger partial charge on any atom is -0.497 e. The van der Waals surface area contributed by atoms with Crippen molar-refractivity contribution >= 4 is 5.91 Å². The largest absolute Gasteiger partial charge is 0.497 e. The van der Waals surface area contributed by atoms with Gasteiger partial charge in [0.1, 0.15) is 5.75 Å². The maximum Gasteiger partial charge on any atom is 0.251 e. The summed E-state index contributed by atoms with van der Waals surface area (Å²) in [6.07, 6.45) is 11.1. The molecule has 0 spiro atoms. The van der Waals surface area contributed by atoms with Crippen molar-refractivity contribution in [3.63, 3.8) is 0 Å². The van der Waals surface area contributed by atoms with Crippen LogP contribution in [0.4, 0.5) is 0 Å². The number of amides is 1. The molecular formula is C29H43NO3. The van der Waals surface area contributed by atoms with Crippen LogP contribution < -0.4 is 10.1 Å². The Morgan fingerprint density at radius 1 is 1.00 bits per heavy atom. The third kappa shape index (κ3) is 4.11. The van der Waals surface area contributed by atoms with Gasteiger partial charge < -0.3 is 15.2 Å². The Kier molecular flexibility index (Phi) is 6.04. The molecular weight excluding hydrogens is 410 g/mol. The van der Waals surface area contributed by atoms with E-state index in [0.717, 1.165) is 48.2 Å². The lowest BCUT2D eigenvalue weighted by molar-refractivity contribution is -0.101. The average molecular weight is 454 g/mol. The molecule has 0 aromatic heterocycles. The molecule has 182 valence electrons. The molecule has 0 aliphatic heterocycles. The van der Waals surface area contributed by atoms with Crippen LogP contribution in [0.2, 0.25) is 0 Å². The van der Waals surface area contributed by atoms with Crippen LogP contribution in [0.5, 0.6) is 5.75 Å². The highest BCUT2D eigenvalue weighted by molar-refractivity contribution is 5.94. The van der Waals surface area contributed by atoms with E-state index in [-0.39, 0.29) is 11.9 Å². The van der Waals surface area contributed by atoms with Gasteiger partial charge in [0, 0.05) is 11.6 Å². The lowest BCUT2D eigenvalue weighted by Crippen LogP contribution is -2.52. The van der Waals surface area contributed by atoms with Gasteiger partial charge in [-0.05, 0) is 137 Å². The van der Waals surface area contributed by atoms with Gasteiger partial charge in [-0.15, -0.1) is 0 Å². The summed E-state index contributed by atoms with van der Waals surface area (Å²) in [5, 5.41) is 14.0. The van der Waals surface area contributed by atoms with E-state index in [2.05, 4.69) is 26.1 Å². The highest BCUT2D eigenvalue weighted by Crippen LogP contribution is 2.65. The zero-order valence-electron chi connectivity index (χ0n) is 21.0. The third-order valence-corrected chi connectivity index (χ3v) is 10.6. The van der Waals surface area contributed by atoms with E-state index in [0.29, 0.717) is 16.9 Å². The van der Waals surface area contributed by atoms with Crippen molar-refractivity contribution in [2.24, 2.45) is 40.9 Å². The minimum absolute atomic E-state index is 0.0284. The number of benzene rings is 1. The molecule has 1 amide bonds. The van der Waals surface area contributed by atoms with Gasteiger partial charge >= 0.3 is 0 Å². The lowest BCUT2D eigenvalue weighted by Gasteiger charge is -2.57. The Bertz CT molecular complexity index is 864. The minimum atomic E-state index is -0.437. The first-order valence-corrected chi connectivity index (χ1v) is 13.4. The summed E-state index contributed by atoms with van der Waals surface area (Å²) < 4.78 is 5.23. The number of hydrogen-bond acceptors (Lipinski definition) is 3. The van der Waals surface area contributed by atoms with E-state index in [4.69, 9.17) is 4.74 Å². The molecule has 0 bridgehead atoms. The topological polar surface area (TPSA) is 58.6 Å². The molecule has 0 heterocycles. The summed E-state index contributed by atoms with van der Waals surface area (Å²) in [4.78, 5) is 12.9. The van der Waals surface area contributed by atoms with Gasteiger partial charge in [-0.2, -0.15) is 0 Å². The Morgan fingerprint density at radius 3 is 2.45 bits per heavy atom. The first-order valence-electron chi connectivity index (χ1n) is 13.4. The molecule has 4 aliphatic rings. The Hall–Kier alpha value is -1.55. The molecule has 0 radical (unpaired) electrons. The smallest absolute Gasteiger partial charge is 0.251 e. The van der Waals surface area contributed by atoms with E-state index in [1.807, 2.05) is 24.3 Å². The van der Waals surface area contributed by atoms with Gasteiger partial charge in [0.15, 0.2) is 0 Å². The number of methoxy groups -OCH3 is 1. The lowest BCUT2D eigenvalue weighted by atomic mass is 9.49. The number of hydrogen-bond donors (Lipinski definition) is 2. The summed E-state index contributed by atoms with van der Waals surface area (Å²) in [7, 11) is 1.65. The Morgan fingerprint density at radius 2 is 1.73 bits per heavy atom. The van der Waals surface area contributed by atoms with Gasteiger partial charge in [-0.1, -0.05) is 6.92 Å². The van der Waals surface area contributed by atoms with Crippen molar-refractivity contribution in [1.29, 1.82) is 0 Å². The van der Waals surface area contributed by atoms with Crippen LogP contribution >= 0.6 is 0 Å². The first kappa shape index (κ1) is 23.2. The maximum absolute atomic E-state index is 12.9. The molecule has 2 N–H and O–H groups in total. The van der Waals surface area contributed by atoms with Crippen LogP contribution in [0, 0.1) is 40.9 Å². The number of nitrogens with one attached hydrogen (secondary N) is 1. The number of carbonyl (C=O) groups is 1. The van der Waals surface area contributed by atoms with Crippen molar-refractivity contribution in [3.05, 3.63) is 29.8 Å².